The van der Waals surface area contributed by atoms with Gasteiger partial charge in [0, 0.05) is 24.7 Å². The Hall–Kier alpha value is -2.80. The Bertz CT molecular complexity index is 1310. The summed E-state index contributed by atoms with van der Waals surface area (Å²) < 4.78 is 26.3. The summed E-state index contributed by atoms with van der Waals surface area (Å²) in [5, 5.41) is 16.6. The fourth-order valence-corrected chi connectivity index (χ4v) is 6.30. The highest BCUT2D eigenvalue weighted by molar-refractivity contribution is 7.90. The molecule has 0 spiro atoms. The summed E-state index contributed by atoms with van der Waals surface area (Å²) in [4.78, 5) is 39.0. The predicted molar refractivity (Wildman–Crippen MR) is 121 cm³/mol. The summed E-state index contributed by atoms with van der Waals surface area (Å²) in [6.07, 6.45) is 9.47. The summed E-state index contributed by atoms with van der Waals surface area (Å²) in [6.45, 7) is 0.0726. The largest absolute Gasteiger partial charge is 0.352 e. The molecule has 0 atom stereocenters. The summed E-state index contributed by atoms with van der Waals surface area (Å²) >= 11 is 0. The zero-order chi connectivity index (χ0) is 24.1. The maximum Gasteiger partial charge on any atom is 0.328 e. The van der Waals surface area contributed by atoms with E-state index in [1.54, 1.807) is 17.1 Å². The fraction of sp³-hybridized carbons (Fsp3) is 0.667. The lowest BCUT2D eigenvalue weighted by molar-refractivity contribution is -0.126. The van der Waals surface area contributed by atoms with Gasteiger partial charge in [0.15, 0.2) is 0 Å². The Kier molecular flexibility index (Phi) is 5.71. The van der Waals surface area contributed by atoms with Crippen LogP contribution in [0, 0.1) is 5.92 Å². The van der Waals surface area contributed by atoms with Crippen molar-refractivity contribution in [2.24, 2.45) is 11.1 Å². The van der Waals surface area contributed by atoms with E-state index in [1.165, 1.54) is 4.57 Å². The van der Waals surface area contributed by atoms with Crippen LogP contribution < -0.4 is 21.7 Å². The highest BCUT2D eigenvalue weighted by atomic mass is 32.2. The van der Waals surface area contributed by atoms with Gasteiger partial charge in [0.1, 0.15) is 10.4 Å². The van der Waals surface area contributed by atoms with Gasteiger partial charge < -0.3 is 5.32 Å². The van der Waals surface area contributed by atoms with Gasteiger partial charge in [-0.05, 0) is 57.8 Å². The number of nitrogens with zero attached hydrogens (tertiary/aromatic N) is 4. The molecular formula is C21H29N7O5S. The van der Waals surface area contributed by atoms with Crippen LogP contribution in [-0.2, 0) is 26.1 Å². The second-order valence-corrected chi connectivity index (χ2v) is 11.6. The smallest absolute Gasteiger partial charge is 0.328 e. The number of primary sulfonamides is 1. The molecule has 3 aliphatic carbocycles. The zero-order valence-electron chi connectivity index (χ0n) is 18.8. The normalized spacial score (nSPS) is 24.4. The van der Waals surface area contributed by atoms with E-state index in [4.69, 9.17) is 5.14 Å². The zero-order valence-corrected chi connectivity index (χ0v) is 19.6. The molecule has 3 aliphatic rings. The van der Waals surface area contributed by atoms with E-state index in [0.29, 0.717) is 49.8 Å². The minimum absolute atomic E-state index is 0.0350. The molecule has 2 aromatic rings. The maximum absolute atomic E-state index is 12.7. The van der Waals surface area contributed by atoms with E-state index < -0.39 is 26.0 Å². The highest BCUT2D eigenvalue weighted by Crippen LogP contribution is 2.46. The van der Waals surface area contributed by atoms with Crippen molar-refractivity contribution in [1.82, 2.24) is 29.9 Å². The number of hydrogen-bond acceptors (Lipinski definition) is 7. The third-order valence-electron chi connectivity index (χ3n) is 7.56. The Morgan fingerprint density at radius 1 is 1.12 bits per heavy atom. The quantitative estimate of drug-likeness (QED) is 0.495. The number of nitrogens with two attached hydrogens (primary N) is 1. The topological polar surface area (TPSA) is 175 Å². The number of carbonyl (C=O) groups excluding carboxylic acids is 1. The third kappa shape index (κ3) is 4.11. The van der Waals surface area contributed by atoms with Crippen LogP contribution in [-0.4, -0.2) is 38.9 Å². The van der Waals surface area contributed by atoms with E-state index in [-0.39, 0.29) is 30.5 Å². The Morgan fingerprint density at radius 2 is 1.79 bits per heavy atom. The number of H-pyrrole nitrogens is 1. The van der Waals surface area contributed by atoms with Crippen molar-refractivity contribution in [3.05, 3.63) is 44.5 Å². The van der Waals surface area contributed by atoms with E-state index in [9.17, 15) is 22.8 Å². The van der Waals surface area contributed by atoms with E-state index >= 15 is 0 Å². The van der Waals surface area contributed by atoms with Crippen molar-refractivity contribution in [2.75, 3.05) is 0 Å². The second kappa shape index (κ2) is 8.45. The summed E-state index contributed by atoms with van der Waals surface area (Å²) in [5.41, 5.74) is -0.122. The SMILES string of the molecule is NS(=O)(=O)C1(c2cn(C3CCC(C(=O)NCc4cn(C5CC5)c(=O)[nH]c4=O)CC3)nn2)CCC1. The molecule has 0 saturated heterocycles. The first kappa shape index (κ1) is 23.0. The standard InChI is InChI=1S/C21H29N7O5S/c22-34(32,33)21(8-1-9-21)17-12-28(26-25-17)16-4-2-13(3-5-16)18(29)23-10-14-11-27(15-6-7-15)20(31)24-19(14)30/h11-13,15-16H,1-10H2,(H,23,29)(H2,22,32,33)(H,24,30,31). The van der Waals surface area contributed by atoms with Gasteiger partial charge in [0.25, 0.3) is 5.56 Å². The molecule has 13 heteroatoms. The molecular weight excluding hydrogens is 462 g/mol. The maximum atomic E-state index is 12.7. The average Bonchev–Trinajstić information content (AvgIpc) is 3.48. The van der Waals surface area contributed by atoms with Gasteiger partial charge in [-0.25, -0.2) is 23.0 Å². The molecule has 3 fully saturated rings. The van der Waals surface area contributed by atoms with Crippen molar-refractivity contribution in [3.63, 3.8) is 0 Å². The second-order valence-electron chi connectivity index (χ2n) is 9.75. The molecule has 0 unspecified atom stereocenters. The van der Waals surface area contributed by atoms with Gasteiger partial charge in [0.05, 0.1) is 17.8 Å². The van der Waals surface area contributed by atoms with Crippen LogP contribution in [0.25, 0.3) is 0 Å². The Morgan fingerprint density at radius 3 is 2.38 bits per heavy atom. The van der Waals surface area contributed by atoms with Crippen LogP contribution in [0.4, 0.5) is 0 Å². The van der Waals surface area contributed by atoms with Crippen molar-refractivity contribution in [2.45, 2.75) is 81.2 Å². The van der Waals surface area contributed by atoms with Gasteiger partial charge in [-0.1, -0.05) is 5.21 Å². The number of aromatic nitrogens is 5. The van der Waals surface area contributed by atoms with Crippen LogP contribution in [0.1, 0.15) is 81.1 Å². The Balaban J connectivity index is 1.17. The van der Waals surface area contributed by atoms with Crippen molar-refractivity contribution in [3.8, 4) is 0 Å². The van der Waals surface area contributed by atoms with E-state index in [0.717, 1.165) is 19.3 Å². The van der Waals surface area contributed by atoms with Crippen LogP contribution in [0.3, 0.4) is 0 Å². The number of sulfonamides is 1. The van der Waals surface area contributed by atoms with Gasteiger partial charge in [-0.3, -0.25) is 19.1 Å². The molecule has 3 saturated carbocycles. The minimum Gasteiger partial charge on any atom is -0.352 e. The van der Waals surface area contributed by atoms with Gasteiger partial charge in [-0.15, -0.1) is 5.10 Å². The van der Waals surface area contributed by atoms with Gasteiger partial charge >= 0.3 is 5.69 Å². The first-order valence-electron chi connectivity index (χ1n) is 11.7. The Labute approximate surface area is 196 Å². The molecule has 4 N–H and O–H groups in total. The molecule has 0 aliphatic heterocycles. The molecule has 0 radical (unpaired) electrons. The van der Waals surface area contributed by atoms with E-state index in [2.05, 4.69) is 20.6 Å². The molecule has 0 aromatic carbocycles. The number of aromatic amines is 1. The number of nitrogens with one attached hydrogen (secondary N) is 2. The first-order chi connectivity index (χ1) is 16.2. The molecule has 2 aromatic heterocycles. The summed E-state index contributed by atoms with van der Waals surface area (Å²) in [5.74, 6) is -0.306. The first-order valence-corrected chi connectivity index (χ1v) is 13.3. The lowest BCUT2D eigenvalue weighted by Crippen LogP contribution is -2.46. The molecule has 184 valence electrons. The number of carbonyl (C=O) groups is 1. The number of rotatable bonds is 7. The third-order valence-corrected chi connectivity index (χ3v) is 9.27. The number of hydrogen-bond donors (Lipinski definition) is 3. The lowest BCUT2D eigenvalue weighted by atomic mass is 9.82. The van der Waals surface area contributed by atoms with Gasteiger partial charge in [0.2, 0.25) is 15.9 Å². The van der Waals surface area contributed by atoms with Crippen molar-refractivity contribution < 1.29 is 13.2 Å². The highest BCUT2D eigenvalue weighted by Gasteiger charge is 2.51. The summed E-state index contributed by atoms with van der Waals surface area (Å²) in [7, 11) is -3.77. The summed E-state index contributed by atoms with van der Waals surface area (Å²) in [6, 6.07) is 0.170. The van der Waals surface area contributed by atoms with Crippen LogP contribution in [0.2, 0.25) is 0 Å². The monoisotopic (exact) mass is 491 g/mol. The molecule has 2 heterocycles. The van der Waals surface area contributed by atoms with E-state index in [1.807, 2.05) is 0 Å². The van der Waals surface area contributed by atoms with Crippen molar-refractivity contribution in [1.29, 1.82) is 0 Å². The molecule has 0 bridgehead atoms. The molecule has 5 rings (SSSR count). The van der Waals surface area contributed by atoms with Gasteiger partial charge in [-0.2, -0.15) is 0 Å². The molecule has 1 amide bonds. The lowest BCUT2D eigenvalue weighted by Gasteiger charge is -2.37. The molecule has 12 nitrogen and oxygen atoms in total. The van der Waals surface area contributed by atoms with Crippen LogP contribution in [0.15, 0.2) is 22.0 Å². The van der Waals surface area contributed by atoms with Crippen molar-refractivity contribution >= 4 is 15.9 Å². The minimum atomic E-state index is -3.77. The molecule has 34 heavy (non-hydrogen) atoms. The van der Waals surface area contributed by atoms with Crippen LogP contribution >= 0.6 is 0 Å². The van der Waals surface area contributed by atoms with Crippen LogP contribution in [0.5, 0.6) is 0 Å². The number of amides is 1. The predicted octanol–water partition coefficient (Wildman–Crippen LogP) is 0.178. The fourth-order valence-electron chi connectivity index (χ4n) is 5.05. The average molecular weight is 492 g/mol.